The summed E-state index contributed by atoms with van der Waals surface area (Å²) in [5.74, 6) is 0. The number of hydrogen-bond acceptors (Lipinski definition) is 4. The quantitative estimate of drug-likeness (QED) is 0.916. The van der Waals surface area contributed by atoms with Gasteiger partial charge in [-0.25, -0.2) is 8.42 Å². The number of rotatable bonds is 5. The van der Waals surface area contributed by atoms with Gasteiger partial charge in [0.25, 0.3) is 0 Å². The molecule has 1 aromatic heterocycles. The van der Waals surface area contributed by atoms with Crippen LogP contribution in [0, 0.1) is 0 Å². The monoisotopic (exact) mass is 331 g/mol. The fourth-order valence-electron chi connectivity index (χ4n) is 1.69. The van der Waals surface area contributed by atoms with E-state index < -0.39 is 10.0 Å². The minimum Gasteiger partial charge on any atom is -0.392 e. The summed E-state index contributed by atoms with van der Waals surface area (Å²) in [6.07, 6.45) is 0. The van der Waals surface area contributed by atoms with Crippen LogP contribution in [0.5, 0.6) is 0 Å². The molecule has 0 spiro atoms. The molecule has 0 atom stereocenters. The maximum atomic E-state index is 12.4. The van der Waals surface area contributed by atoms with E-state index in [0.717, 1.165) is 4.88 Å². The van der Waals surface area contributed by atoms with Gasteiger partial charge >= 0.3 is 0 Å². The first-order valence-corrected chi connectivity index (χ1v) is 8.47. The van der Waals surface area contributed by atoms with Crippen molar-refractivity contribution in [2.45, 2.75) is 18.0 Å². The maximum absolute atomic E-state index is 12.4. The van der Waals surface area contributed by atoms with Crippen molar-refractivity contribution >= 4 is 33.0 Å². The van der Waals surface area contributed by atoms with Gasteiger partial charge in [-0.2, -0.15) is 4.31 Å². The van der Waals surface area contributed by atoms with Crippen molar-refractivity contribution in [2.75, 3.05) is 7.05 Å². The average molecular weight is 332 g/mol. The maximum Gasteiger partial charge on any atom is 0.243 e. The number of aliphatic hydroxyl groups excluding tert-OH is 1. The largest absolute Gasteiger partial charge is 0.392 e. The van der Waals surface area contributed by atoms with Gasteiger partial charge in [0, 0.05) is 18.5 Å². The number of aliphatic hydroxyl groups is 1. The first-order chi connectivity index (χ1) is 9.43. The lowest BCUT2D eigenvalue weighted by Crippen LogP contribution is -2.26. The number of halogens is 1. The first kappa shape index (κ1) is 15.5. The second-order valence-corrected chi connectivity index (χ2v) is 8.11. The molecule has 0 saturated carbocycles. The summed E-state index contributed by atoms with van der Waals surface area (Å²) in [4.78, 5) is 1.09. The van der Waals surface area contributed by atoms with Crippen LogP contribution in [-0.4, -0.2) is 24.9 Å². The molecule has 0 saturated heterocycles. The topological polar surface area (TPSA) is 57.6 Å². The van der Waals surface area contributed by atoms with E-state index in [0.29, 0.717) is 9.90 Å². The summed E-state index contributed by atoms with van der Waals surface area (Å²) in [5, 5.41) is 8.97. The standard InChI is InChI=1S/C13H14ClNO3S2/c1-15(8-11-4-7-13(14)19-11)20(17,18)12-5-2-10(9-16)3-6-12/h2-7,16H,8-9H2,1H3. The molecule has 0 aliphatic heterocycles. The number of sulfonamides is 1. The molecule has 0 fully saturated rings. The van der Waals surface area contributed by atoms with Crippen LogP contribution < -0.4 is 0 Å². The molecule has 2 rings (SSSR count). The van der Waals surface area contributed by atoms with Crippen LogP contribution in [0.1, 0.15) is 10.4 Å². The second-order valence-electron chi connectivity index (χ2n) is 4.27. The molecule has 4 nitrogen and oxygen atoms in total. The third-order valence-corrected chi connectivity index (χ3v) is 5.85. The molecule has 1 heterocycles. The molecule has 0 radical (unpaired) electrons. The Morgan fingerprint density at radius 1 is 1.20 bits per heavy atom. The van der Waals surface area contributed by atoms with E-state index in [1.54, 1.807) is 18.2 Å². The Hall–Kier alpha value is -0.920. The third kappa shape index (κ3) is 3.39. The van der Waals surface area contributed by atoms with Crippen molar-refractivity contribution in [3.63, 3.8) is 0 Å². The van der Waals surface area contributed by atoms with Crippen LogP contribution in [0.15, 0.2) is 41.3 Å². The lowest BCUT2D eigenvalue weighted by Gasteiger charge is -2.16. The van der Waals surface area contributed by atoms with Crippen LogP contribution >= 0.6 is 22.9 Å². The highest BCUT2D eigenvalue weighted by atomic mass is 35.5. The predicted molar refractivity (Wildman–Crippen MR) is 80.3 cm³/mol. The van der Waals surface area contributed by atoms with Gasteiger partial charge in [0.2, 0.25) is 10.0 Å². The van der Waals surface area contributed by atoms with Gasteiger partial charge in [0.15, 0.2) is 0 Å². The van der Waals surface area contributed by atoms with Gasteiger partial charge in [-0.3, -0.25) is 0 Å². The molecule has 0 unspecified atom stereocenters. The molecule has 1 aromatic carbocycles. The van der Waals surface area contributed by atoms with Gasteiger partial charge in [0.05, 0.1) is 15.8 Å². The summed E-state index contributed by atoms with van der Waals surface area (Å²) in [5.41, 5.74) is 0.677. The lowest BCUT2D eigenvalue weighted by atomic mass is 10.2. The Morgan fingerprint density at radius 2 is 1.85 bits per heavy atom. The Kier molecular flexibility index (Phi) is 4.82. The van der Waals surface area contributed by atoms with Crippen LogP contribution in [-0.2, 0) is 23.2 Å². The number of hydrogen-bond donors (Lipinski definition) is 1. The van der Waals surface area contributed by atoms with Crippen molar-refractivity contribution in [1.82, 2.24) is 4.31 Å². The first-order valence-electron chi connectivity index (χ1n) is 5.84. The minimum atomic E-state index is -3.54. The molecule has 20 heavy (non-hydrogen) atoms. The van der Waals surface area contributed by atoms with E-state index >= 15 is 0 Å². The van der Waals surface area contributed by atoms with E-state index in [1.807, 2.05) is 6.07 Å². The van der Waals surface area contributed by atoms with Gasteiger partial charge in [-0.1, -0.05) is 23.7 Å². The van der Waals surface area contributed by atoms with E-state index in [-0.39, 0.29) is 18.0 Å². The van der Waals surface area contributed by atoms with E-state index in [1.165, 1.54) is 34.8 Å². The van der Waals surface area contributed by atoms with Crippen LogP contribution in [0.2, 0.25) is 4.34 Å². The summed E-state index contributed by atoms with van der Waals surface area (Å²) in [6, 6.07) is 9.76. The van der Waals surface area contributed by atoms with E-state index in [2.05, 4.69) is 0 Å². The van der Waals surface area contributed by atoms with E-state index in [9.17, 15) is 8.42 Å². The van der Waals surface area contributed by atoms with Gasteiger partial charge in [0.1, 0.15) is 0 Å². The molecule has 0 aliphatic rings. The van der Waals surface area contributed by atoms with Crippen LogP contribution in [0.25, 0.3) is 0 Å². The zero-order chi connectivity index (χ0) is 14.8. The zero-order valence-corrected chi connectivity index (χ0v) is 13.2. The number of nitrogens with zero attached hydrogens (tertiary/aromatic N) is 1. The molecule has 2 aromatic rings. The summed E-state index contributed by atoms with van der Waals surface area (Å²) >= 11 is 7.20. The highest BCUT2D eigenvalue weighted by Gasteiger charge is 2.21. The van der Waals surface area contributed by atoms with Gasteiger partial charge in [-0.15, -0.1) is 11.3 Å². The fraction of sp³-hybridized carbons (Fsp3) is 0.231. The van der Waals surface area contributed by atoms with Crippen LogP contribution in [0.3, 0.4) is 0 Å². The lowest BCUT2D eigenvalue weighted by molar-refractivity contribution is 0.281. The second kappa shape index (κ2) is 6.24. The SMILES string of the molecule is CN(Cc1ccc(Cl)s1)S(=O)(=O)c1ccc(CO)cc1. The normalized spacial score (nSPS) is 12.0. The Labute approximate surface area is 127 Å². The van der Waals surface area contributed by atoms with Crippen LogP contribution in [0.4, 0.5) is 0 Å². The van der Waals surface area contributed by atoms with E-state index in [4.69, 9.17) is 16.7 Å². The molecule has 108 valence electrons. The van der Waals surface area contributed by atoms with Crippen molar-refractivity contribution in [3.8, 4) is 0 Å². The summed E-state index contributed by atoms with van der Waals surface area (Å²) in [7, 11) is -2.01. The van der Waals surface area contributed by atoms with Crippen molar-refractivity contribution in [1.29, 1.82) is 0 Å². The van der Waals surface area contributed by atoms with Gasteiger partial charge < -0.3 is 5.11 Å². The Morgan fingerprint density at radius 3 is 2.35 bits per heavy atom. The molecular weight excluding hydrogens is 318 g/mol. The molecule has 7 heteroatoms. The highest BCUT2D eigenvalue weighted by molar-refractivity contribution is 7.89. The minimum absolute atomic E-state index is 0.107. The summed E-state index contributed by atoms with van der Waals surface area (Å²) < 4.78 is 26.7. The molecule has 0 amide bonds. The summed E-state index contributed by atoms with van der Waals surface area (Å²) in [6.45, 7) is 0.172. The molecule has 1 N–H and O–H groups in total. The van der Waals surface area contributed by atoms with Gasteiger partial charge in [-0.05, 0) is 29.8 Å². The fourth-order valence-corrected chi connectivity index (χ4v) is 4.06. The molecule has 0 aliphatic carbocycles. The smallest absolute Gasteiger partial charge is 0.243 e. The average Bonchev–Trinajstić information content (AvgIpc) is 2.84. The molecule has 0 bridgehead atoms. The molecular formula is C13H14ClNO3S2. The zero-order valence-electron chi connectivity index (χ0n) is 10.8. The Bertz CT molecular complexity index is 680. The highest BCUT2D eigenvalue weighted by Crippen LogP contribution is 2.24. The van der Waals surface area contributed by atoms with Crippen molar-refractivity contribution < 1.29 is 13.5 Å². The number of benzene rings is 1. The third-order valence-electron chi connectivity index (χ3n) is 2.82. The Balaban J connectivity index is 2.19. The number of thiophene rings is 1. The van der Waals surface area contributed by atoms with Crippen molar-refractivity contribution in [2.24, 2.45) is 0 Å². The van der Waals surface area contributed by atoms with Crippen molar-refractivity contribution in [3.05, 3.63) is 51.2 Å². The predicted octanol–water partition coefficient (Wildman–Crippen LogP) is 2.71.